The van der Waals surface area contributed by atoms with Crippen LogP contribution in [-0.4, -0.2) is 40.4 Å². The zero-order valence-electron chi connectivity index (χ0n) is 13.4. The molecule has 0 aromatic heterocycles. The molecule has 1 aliphatic heterocycles. The number of hydrogen-bond acceptors (Lipinski definition) is 5. The van der Waals surface area contributed by atoms with Gasteiger partial charge in [0.25, 0.3) is 0 Å². The van der Waals surface area contributed by atoms with Crippen molar-refractivity contribution in [2.45, 2.75) is 4.90 Å². The predicted octanol–water partition coefficient (Wildman–Crippen LogP) is 1.63. The Bertz CT molecular complexity index is 892. The zero-order valence-corrected chi connectivity index (χ0v) is 15.0. The van der Waals surface area contributed by atoms with Crippen LogP contribution >= 0.6 is 11.6 Å². The highest BCUT2D eigenvalue weighted by Crippen LogP contribution is 2.24. The van der Waals surface area contributed by atoms with Gasteiger partial charge in [0.1, 0.15) is 0 Å². The second kappa shape index (κ2) is 7.13. The van der Waals surface area contributed by atoms with Gasteiger partial charge in [-0.1, -0.05) is 11.6 Å². The van der Waals surface area contributed by atoms with Crippen LogP contribution in [0.4, 0.5) is 5.69 Å². The molecule has 2 aromatic carbocycles. The Hall–Kier alpha value is -1.93. The van der Waals surface area contributed by atoms with Crippen molar-refractivity contribution in [3.8, 4) is 0 Å². The van der Waals surface area contributed by atoms with Gasteiger partial charge in [-0.25, -0.2) is 13.6 Å². The van der Waals surface area contributed by atoms with E-state index in [-0.39, 0.29) is 21.3 Å². The number of benzene rings is 2. The number of nitrogens with zero attached hydrogens (tertiary/aromatic N) is 1. The van der Waals surface area contributed by atoms with Crippen molar-refractivity contribution >= 4 is 33.1 Å². The lowest BCUT2D eigenvalue weighted by molar-refractivity contribution is 0.103. The SMILES string of the molecule is NS(=O)(=O)c1ccc(Cl)c(C(=O)c2ccc(N3CCNCC3)cc2)c1. The van der Waals surface area contributed by atoms with Gasteiger partial charge < -0.3 is 10.2 Å². The van der Waals surface area contributed by atoms with Gasteiger partial charge in [0, 0.05) is 43.0 Å². The Balaban J connectivity index is 1.88. The summed E-state index contributed by atoms with van der Waals surface area (Å²) in [5.41, 5.74) is 1.60. The van der Waals surface area contributed by atoms with E-state index in [2.05, 4.69) is 10.2 Å². The molecule has 0 atom stereocenters. The fraction of sp³-hybridized carbons (Fsp3) is 0.235. The number of anilines is 1. The highest BCUT2D eigenvalue weighted by molar-refractivity contribution is 7.89. The normalized spacial score (nSPS) is 15.2. The van der Waals surface area contributed by atoms with E-state index in [0.717, 1.165) is 31.9 Å². The summed E-state index contributed by atoms with van der Waals surface area (Å²) in [5.74, 6) is -0.345. The van der Waals surface area contributed by atoms with Crippen LogP contribution in [0.2, 0.25) is 5.02 Å². The number of hydrogen-bond donors (Lipinski definition) is 2. The predicted molar refractivity (Wildman–Crippen MR) is 97.8 cm³/mol. The largest absolute Gasteiger partial charge is 0.369 e. The molecule has 0 aliphatic carbocycles. The molecule has 0 spiro atoms. The van der Waals surface area contributed by atoms with Gasteiger partial charge in [-0.15, -0.1) is 0 Å². The second-order valence-electron chi connectivity index (χ2n) is 5.80. The summed E-state index contributed by atoms with van der Waals surface area (Å²) >= 11 is 6.07. The smallest absolute Gasteiger partial charge is 0.238 e. The molecule has 0 unspecified atom stereocenters. The highest BCUT2D eigenvalue weighted by Gasteiger charge is 2.18. The summed E-state index contributed by atoms with van der Waals surface area (Å²) in [6.07, 6.45) is 0. The molecule has 0 radical (unpaired) electrons. The lowest BCUT2D eigenvalue weighted by atomic mass is 10.0. The van der Waals surface area contributed by atoms with E-state index in [1.807, 2.05) is 12.1 Å². The number of halogens is 1. The maximum Gasteiger partial charge on any atom is 0.238 e. The molecule has 0 amide bonds. The standard InChI is InChI=1S/C17H18ClN3O3S/c18-16-6-5-14(25(19,23)24)11-15(16)17(22)12-1-3-13(4-2-12)21-9-7-20-8-10-21/h1-6,11,20H,7-10H2,(H2,19,23,24). The number of piperazine rings is 1. The monoisotopic (exact) mass is 379 g/mol. The number of primary sulfonamides is 1. The summed E-state index contributed by atoms with van der Waals surface area (Å²) in [4.78, 5) is 14.8. The van der Waals surface area contributed by atoms with Crippen LogP contribution in [0, 0.1) is 0 Å². The fourth-order valence-corrected chi connectivity index (χ4v) is 3.50. The summed E-state index contributed by atoms with van der Waals surface area (Å²) in [5, 5.41) is 8.60. The summed E-state index contributed by atoms with van der Waals surface area (Å²) in [6.45, 7) is 3.68. The first-order valence-corrected chi connectivity index (χ1v) is 9.71. The lowest BCUT2D eigenvalue weighted by Crippen LogP contribution is -2.43. The van der Waals surface area contributed by atoms with Crippen molar-refractivity contribution < 1.29 is 13.2 Å². The third kappa shape index (κ3) is 4.01. The highest BCUT2D eigenvalue weighted by atomic mass is 35.5. The molecule has 2 aromatic rings. The van der Waals surface area contributed by atoms with E-state index < -0.39 is 10.0 Å². The molecule has 3 rings (SSSR count). The third-order valence-electron chi connectivity index (χ3n) is 4.12. The summed E-state index contributed by atoms with van der Waals surface area (Å²) in [7, 11) is -3.90. The van der Waals surface area contributed by atoms with Gasteiger partial charge in [-0.05, 0) is 42.5 Å². The van der Waals surface area contributed by atoms with Crippen LogP contribution in [-0.2, 0) is 10.0 Å². The first-order valence-electron chi connectivity index (χ1n) is 7.79. The maximum absolute atomic E-state index is 12.7. The zero-order chi connectivity index (χ0) is 18.0. The van der Waals surface area contributed by atoms with E-state index in [9.17, 15) is 13.2 Å². The van der Waals surface area contributed by atoms with E-state index in [0.29, 0.717) is 5.56 Å². The van der Waals surface area contributed by atoms with Crippen LogP contribution in [0.25, 0.3) is 0 Å². The van der Waals surface area contributed by atoms with Gasteiger partial charge in [-0.3, -0.25) is 4.79 Å². The molecule has 3 N–H and O–H groups in total. The molecule has 0 bridgehead atoms. The Morgan fingerprint density at radius 2 is 1.72 bits per heavy atom. The first-order chi connectivity index (χ1) is 11.9. The van der Waals surface area contributed by atoms with Crippen molar-refractivity contribution in [2.24, 2.45) is 5.14 Å². The van der Waals surface area contributed by atoms with E-state index in [1.165, 1.54) is 18.2 Å². The number of nitrogens with two attached hydrogens (primary N) is 1. The molecule has 0 saturated carbocycles. The molecule has 8 heteroatoms. The number of carbonyl (C=O) groups is 1. The fourth-order valence-electron chi connectivity index (χ4n) is 2.76. The van der Waals surface area contributed by atoms with Crippen LogP contribution in [0.3, 0.4) is 0 Å². The van der Waals surface area contributed by atoms with Crippen LogP contribution in [0.5, 0.6) is 0 Å². The minimum atomic E-state index is -3.90. The molecule has 1 fully saturated rings. The lowest BCUT2D eigenvalue weighted by Gasteiger charge is -2.29. The van der Waals surface area contributed by atoms with E-state index >= 15 is 0 Å². The third-order valence-corrected chi connectivity index (χ3v) is 5.36. The van der Waals surface area contributed by atoms with Gasteiger partial charge in [0.05, 0.1) is 9.92 Å². The number of carbonyl (C=O) groups excluding carboxylic acids is 1. The molecule has 1 aliphatic rings. The number of rotatable bonds is 4. The minimum absolute atomic E-state index is 0.114. The van der Waals surface area contributed by atoms with Gasteiger partial charge >= 0.3 is 0 Å². The maximum atomic E-state index is 12.7. The molecular weight excluding hydrogens is 362 g/mol. The Labute approximate surface area is 151 Å². The molecule has 1 heterocycles. The van der Waals surface area contributed by atoms with Gasteiger partial charge in [0.15, 0.2) is 5.78 Å². The topological polar surface area (TPSA) is 92.5 Å². The first kappa shape index (κ1) is 17.9. The van der Waals surface area contributed by atoms with E-state index in [1.54, 1.807) is 12.1 Å². The molecule has 1 saturated heterocycles. The van der Waals surface area contributed by atoms with Crippen molar-refractivity contribution in [3.63, 3.8) is 0 Å². The summed E-state index contributed by atoms with van der Waals surface area (Å²) < 4.78 is 23.0. The minimum Gasteiger partial charge on any atom is -0.369 e. The van der Waals surface area contributed by atoms with E-state index in [4.69, 9.17) is 16.7 Å². The summed E-state index contributed by atoms with van der Waals surface area (Å²) in [6, 6.07) is 11.1. The Morgan fingerprint density at radius 3 is 2.32 bits per heavy atom. The van der Waals surface area contributed by atoms with Gasteiger partial charge in [0.2, 0.25) is 10.0 Å². The van der Waals surface area contributed by atoms with Crippen molar-refractivity contribution in [1.82, 2.24) is 5.32 Å². The van der Waals surface area contributed by atoms with Crippen LogP contribution in [0.1, 0.15) is 15.9 Å². The number of nitrogens with one attached hydrogen (secondary N) is 1. The quantitative estimate of drug-likeness (QED) is 0.787. The van der Waals surface area contributed by atoms with Crippen molar-refractivity contribution in [3.05, 3.63) is 58.6 Å². The number of ketones is 1. The molecule has 132 valence electrons. The molecule has 6 nitrogen and oxygen atoms in total. The van der Waals surface area contributed by atoms with Crippen LogP contribution in [0.15, 0.2) is 47.4 Å². The van der Waals surface area contributed by atoms with Crippen molar-refractivity contribution in [2.75, 3.05) is 31.1 Å². The average Bonchev–Trinajstić information content (AvgIpc) is 2.61. The molecule has 25 heavy (non-hydrogen) atoms. The molecular formula is C17H18ClN3O3S. The Morgan fingerprint density at radius 1 is 1.08 bits per heavy atom. The average molecular weight is 380 g/mol. The Kier molecular flexibility index (Phi) is 5.10. The number of sulfonamides is 1. The van der Waals surface area contributed by atoms with Crippen molar-refractivity contribution in [1.29, 1.82) is 0 Å². The second-order valence-corrected chi connectivity index (χ2v) is 7.77. The van der Waals surface area contributed by atoms with Gasteiger partial charge in [-0.2, -0.15) is 0 Å². The van der Waals surface area contributed by atoms with Crippen LogP contribution < -0.4 is 15.4 Å².